The SMILES string of the molecule is O=C(OCc1cc(Cl)cc2c1OCOC2)c1cccc2ccccc12. The van der Waals surface area contributed by atoms with E-state index in [4.69, 9.17) is 25.8 Å². The van der Waals surface area contributed by atoms with Crippen LogP contribution in [-0.4, -0.2) is 12.8 Å². The fraction of sp³-hybridized carbons (Fsp3) is 0.150. The number of benzene rings is 3. The summed E-state index contributed by atoms with van der Waals surface area (Å²) in [5.74, 6) is 0.305. The Balaban J connectivity index is 1.59. The monoisotopic (exact) mass is 354 g/mol. The third-order valence-electron chi connectivity index (χ3n) is 4.12. The maximum absolute atomic E-state index is 12.6. The van der Waals surface area contributed by atoms with Crippen molar-refractivity contribution in [1.82, 2.24) is 0 Å². The minimum absolute atomic E-state index is 0.0882. The minimum atomic E-state index is -0.377. The van der Waals surface area contributed by atoms with Crippen LogP contribution in [0.4, 0.5) is 0 Å². The summed E-state index contributed by atoms with van der Waals surface area (Å²) >= 11 is 6.14. The maximum atomic E-state index is 12.6. The van der Waals surface area contributed by atoms with E-state index in [9.17, 15) is 4.79 Å². The van der Waals surface area contributed by atoms with Gasteiger partial charge < -0.3 is 14.2 Å². The Morgan fingerprint density at radius 3 is 2.88 bits per heavy atom. The van der Waals surface area contributed by atoms with Gasteiger partial charge in [-0.25, -0.2) is 4.79 Å². The lowest BCUT2D eigenvalue weighted by atomic mass is 10.0. The average molecular weight is 355 g/mol. The third-order valence-corrected chi connectivity index (χ3v) is 4.34. The number of esters is 1. The predicted octanol–water partition coefficient (Wildman–Crippen LogP) is 4.72. The van der Waals surface area contributed by atoms with Gasteiger partial charge in [0.15, 0.2) is 6.79 Å². The second-order valence-corrected chi connectivity index (χ2v) is 6.20. The Hall–Kier alpha value is -2.56. The third kappa shape index (κ3) is 3.18. The zero-order valence-electron chi connectivity index (χ0n) is 13.3. The molecular weight excluding hydrogens is 340 g/mol. The molecule has 0 bridgehead atoms. The summed E-state index contributed by atoms with van der Waals surface area (Å²) in [5.41, 5.74) is 2.13. The van der Waals surface area contributed by atoms with Crippen LogP contribution >= 0.6 is 11.6 Å². The topological polar surface area (TPSA) is 44.8 Å². The molecule has 1 aliphatic heterocycles. The van der Waals surface area contributed by atoms with Crippen molar-refractivity contribution in [3.05, 3.63) is 76.3 Å². The van der Waals surface area contributed by atoms with Gasteiger partial charge >= 0.3 is 5.97 Å². The number of ether oxygens (including phenoxy) is 3. The smallest absolute Gasteiger partial charge is 0.339 e. The quantitative estimate of drug-likeness (QED) is 0.638. The maximum Gasteiger partial charge on any atom is 0.339 e. The molecule has 0 fully saturated rings. The normalized spacial score (nSPS) is 13.2. The van der Waals surface area contributed by atoms with E-state index in [2.05, 4.69) is 0 Å². The highest BCUT2D eigenvalue weighted by atomic mass is 35.5. The Kier molecular flexibility index (Phi) is 4.30. The molecule has 1 aliphatic rings. The van der Waals surface area contributed by atoms with Crippen molar-refractivity contribution < 1.29 is 19.0 Å². The van der Waals surface area contributed by atoms with Crippen molar-refractivity contribution in [3.8, 4) is 5.75 Å². The minimum Gasteiger partial charge on any atom is -0.467 e. The molecule has 25 heavy (non-hydrogen) atoms. The van der Waals surface area contributed by atoms with Crippen molar-refractivity contribution >= 4 is 28.3 Å². The molecule has 4 nitrogen and oxygen atoms in total. The van der Waals surface area contributed by atoms with E-state index in [0.717, 1.165) is 21.9 Å². The van der Waals surface area contributed by atoms with Crippen LogP contribution in [0, 0.1) is 0 Å². The van der Waals surface area contributed by atoms with Gasteiger partial charge in [-0.1, -0.05) is 48.0 Å². The summed E-state index contributed by atoms with van der Waals surface area (Å²) in [4.78, 5) is 12.6. The Labute approximate surface area is 149 Å². The average Bonchev–Trinajstić information content (AvgIpc) is 2.65. The van der Waals surface area contributed by atoms with Gasteiger partial charge in [0.2, 0.25) is 0 Å². The van der Waals surface area contributed by atoms with Gasteiger partial charge in [-0.2, -0.15) is 0 Å². The van der Waals surface area contributed by atoms with Crippen LogP contribution in [-0.2, 0) is 22.7 Å². The lowest BCUT2D eigenvalue weighted by Gasteiger charge is -2.21. The fourth-order valence-corrected chi connectivity index (χ4v) is 3.25. The standard InChI is InChI=1S/C20H15ClO4/c21-16-8-14-10-23-12-25-19(14)15(9-16)11-24-20(22)18-7-3-5-13-4-1-2-6-17(13)18/h1-9H,10-12H2. The van der Waals surface area contributed by atoms with E-state index in [1.807, 2.05) is 36.4 Å². The Morgan fingerprint density at radius 2 is 1.96 bits per heavy atom. The van der Waals surface area contributed by atoms with Gasteiger partial charge in [0.05, 0.1) is 12.2 Å². The molecule has 0 radical (unpaired) electrons. The molecule has 0 saturated carbocycles. The summed E-state index contributed by atoms with van der Waals surface area (Å²) in [6.07, 6.45) is 0. The van der Waals surface area contributed by atoms with Gasteiger partial charge in [0.1, 0.15) is 12.4 Å². The van der Waals surface area contributed by atoms with Crippen LogP contribution in [0.25, 0.3) is 10.8 Å². The number of halogens is 1. The van der Waals surface area contributed by atoms with Crippen LogP contribution in [0.2, 0.25) is 5.02 Å². The molecule has 3 aromatic carbocycles. The summed E-state index contributed by atoms with van der Waals surface area (Å²) in [6.45, 7) is 0.698. The van der Waals surface area contributed by atoms with E-state index in [1.165, 1.54) is 0 Å². The first-order chi connectivity index (χ1) is 12.2. The lowest BCUT2D eigenvalue weighted by Crippen LogP contribution is -2.14. The predicted molar refractivity (Wildman–Crippen MR) is 94.8 cm³/mol. The highest BCUT2D eigenvalue weighted by Crippen LogP contribution is 2.32. The summed E-state index contributed by atoms with van der Waals surface area (Å²) < 4.78 is 16.3. The van der Waals surface area contributed by atoms with Gasteiger partial charge in [0, 0.05) is 16.1 Å². The zero-order chi connectivity index (χ0) is 17.2. The molecular formula is C20H15ClO4. The Bertz CT molecular complexity index is 946. The van der Waals surface area contributed by atoms with Crippen molar-refractivity contribution in [3.63, 3.8) is 0 Å². The molecule has 3 aromatic rings. The summed E-state index contributed by atoms with van der Waals surface area (Å²) in [6, 6.07) is 16.8. The van der Waals surface area contributed by atoms with Gasteiger partial charge in [-0.3, -0.25) is 0 Å². The first-order valence-corrected chi connectivity index (χ1v) is 8.27. The van der Waals surface area contributed by atoms with Crippen molar-refractivity contribution in [2.45, 2.75) is 13.2 Å². The second-order valence-electron chi connectivity index (χ2n) is 5.77. The molecule has 126 valence electrons. The summed E-state index contributed by atoms with van der Waals surface area (Å²) in [5, 5.41) is 2.43. The molecule has 0 saturated heterocycles. The van der Waals surface area contributed by atoms with E-state index < -0.39 is 0 Å². The van der Waals surface area contributed by atoms with Crippen LogP contribution in [0.1, 0.15) is 21.5 Å². The molecule has 5 heteroatoms. The van der Waals surface area contributed by atoms with Gasteiger partial charge in [-0.05, 0) is 29.0 Å². The van der Waals surface area contributed by atoms with Gasteiger partial charge in [0.25, 0.3) is 0 Å². The van der Waals surface area contributed by atoms with Crippen LogP contribution in [0.15, 0.2) is 54.6 Å². The number of fused-ring (bicyclic) bond motifs is 2. The number of hydrogen-bond acceptors (Lipinski definition) is 4. The molecule has 0 N–H and O–H groups in total. The highest BCUT2D eigenvalue weighted by Gasteiger charge is 2.18. The van der Waals surface area contributed by atoms with E-state index in [-0.39, 0.29) is 19.4 Å². The van der Waals surface area contributed by atoms with E-state index in [1.54, 1.807) is 18.2 Å². The molecule has 0 atom stereocenters. The molecule has 1 heterocycles. The number of rotatable bonds is 3. The Morgan fingerprint density at radius 1 is 1.12 bits per heavy atom. The first-order valence-electron chi connectivity index (χ1n) is 7.89. The molecule has 0 amide bonds. The number of carbonyl (C=O) groups excluding carboxylic acids is 1. The number of carbonyl (C=O) groups is 1. The zero-order valence-corrected chi connectivity index (χ0v) is 14.1. The van der Waals surface area contributed by atoms with Crippen LogP contribution in [0.5, 0.6) is 5.75 Å². The van der Waals surface area contributed by atoms with Gasteiger partial charge in [-0.15, -0.1) is 0 Å². The molecule has 0 aromatic heterocycles. The second kappa shape index (κ2) is 6.75. The molecule has 0 unspecified atom stereocenters. The van der Waals surface area contributed by atoms with E-state index >= 15 is 0 Å². The first kappa shape index (κ1) is 15.9. The summed E-state index contributed by atoms with van der Waals surface area (Å²) in [7, 11) is 0. The van der Waals surface area contributed by atoms with Crippen molar-refractivity contribution in [2.75, 3.05) is 6.79 Å². The fourth-order valence-electron chi connectivity index (χ4n) is 2.99. The molecule has 0 spiro atoms. The largest absolute Gasteiger partial charge is 0.467 e. The van der Waals surface area contributed by atoms with E-state index in [0.29, 0.717) is 22.9 Å². The molecule has 0 aliphatic carbocycles. The van der Waals surface area contributed by atoms with Crippen molar-refractivity contribution in [2.24, 2.45) is 0 Å². The molecule has 4 rings (SSSR count). The lowest BCUT2D eigenvalue weighted by molar-refractivity contribution is -0.0180. The van der Waals surface area contributed by atoms with Crippen molar-refractivity contribution in [1.29, 1.82) is 0 Å². The van der Waals surface area contributed by atoms with Crippen LogP contribution in [0.3, 0.4) is 0 Å². The highest BCUT2D eigenvalue weighted by molar-refractivity contribution is 6.30. The van der Waals surface area contributed by atoms with Crippen LogP contribution < -0.4 is 4.74 Å². The number of hydrogen-bond donors (Lipinski definition) is 0.